The molecular weight excluding hydrogens is 188 g/mol. The van der Waals surface area contributed by atoms with Gasteiger partial charge in [-0.1, -0.05) is 6.42 Å². The zero-order valence-electron chi connectivity index (χ0n) is 9.30. The lowest BCUT2D eigenvalue weighted by molar-refractivity contribution is 0.000130. The molecule has 1 spiro atoms. The standard InChI is InChI=1S/C12H20N2O/c1-2-10-11(3-1)8-13-9-12(10,11)14-4-6-15-7-5-14/h10,13H,1-9H2/t10-,11+,12+/m0/s1. The molecule has 3 nitrogen and oxygen atoms in total. The zero-order valence-corrected chi connectivity index (χ0v) is 9.30. The van der Waals surface area contributed by atoms with Crippen LogP contribution in [-0.4, -0.2) is 49.8 Å². The second-order valence-electron chi connectivity index (χ2n) is 5.73. The van der Waals surface area contributed by atoms with E-state index in [9.17, 15) is 0 Å². The van der Waals surface area contributed by atoms with Crippen molar-refractivity contribution in [2.24, 2.45) is 11.3 Å². The Kier molecular flexibility index (Phi) is 1.65. The van der Waals surface area contributed by atoms with Crippen molar-refractivity contribution in [1.82, 2.24) is 10.2 Å². The molecule has 0 bridgehead atoms. The number of ether oxygens (including phenoxy) is 1. The third-order valence-corrected chi connectivity index (χ3v) is 5.55. The van der Waals surface area contributed by atoms with Gasteiger partial charge in [-0.05, 0) is 18.8 Å². The van der Waals surface area contributed by atoms with Crippen molar-refractivity contribution in [3.05, 3.63) is 0 Å². The minimum Gasteiger partial charge on any atom is -0.379 e. The predicted octanol–water partition coefficient (Wildman–Crippen LogP) is 0.461. The molecule has 0 aromatic rings. The van der Waals surface area contributed by atoms with Crippen LogP contribution < -0.4 is 5.32 Å². The van der Waals surface area contributed by atoms with Gasteiger partial charge >= 0.3 is 0 Å². The molecule has 4 fully saturated rings. The fourth-order valence-corrected chi connectivity index (χ4v) is 5.02. The minimum atomic E-state index is 0.565. The van der Waals surface area contributed by atoms with E-state index in [1.54, 1.807) is 0 Å². The smallest absolute Gasteiger partial charge is 0.0594 e. The molecule has 3 heteroatoms. The first kappa shape index (κ1) is 8.97. The molecule has 2 heterocycles. The van der Waals surface area contributed by atoms with Gasteiger partial charge in [-0.15, -0.1) is 0 Å². The lowest BCUT2D eigenvalue weighted by Crippen LogP contribution is -2.50. The molecule has 84 valence electrons. The van der Waals surface area contributed by atoms with Gasteiger partial charge in [0.25, 0.3) is 0 Å². The minimum absolute atomic E-state index is 0.565. The lowest BCUT2D eigenvalue weighted by atomic mass is 9.96. The van der Waals surface area contributed by atoms with E-state index in [4.69, 9.17) is 4.74 Å². The summed E-state index contributed by atoms with van der Waals surface area (Å²) in [5, 5.41) is 3.64. The number of hydrogen-bond donors (Lipinski definition) is 1. The second kappa shape index (κ2) is 2.76. The summed E-state index contributed by atoms with van der Waals surface area (Å²) in [6, 6.07) is 0. The Morgan fingerprint density at radius 2 is 2.07 bits per heavy atom. The van der Waals surface area contributed by atoms with Crippen molar-refractivity contribution in [3.63, 3.8) is 0 Å². The highest BCUT2D eigenvalue weighted by molar-refractivity contribution is 5.35. The molecule has 2 aliphatic heterocycles. The fraction of sp³-hybridized carbons (Fsp3) is 1.00. The normalized spacial score (nSPS) is 54.0. The summed E-state index contributed by atoms with van der Waals surface area (Å²) in [5.41, 5.74) is 1.25. The zero-order chi connectivity index (χ0) is 9.93. The highest BCUT2D eigenvalue weighted by Gasteiger charge is 2.81. The molecule has 3 atom stereocenters. The number of piperidine rings is 1. The van der Waals surface area contributed by atoms with Gasteiger partial charge in [-0.3, -0.25) is 4.90 Å². The van der Waals surface area contributed by atoms with E-state index >= 15 is 0 Å². The van der Waals surface area contributed by atoms with Gasteiger partial charge in [0.05, 0.1) is 13.2 Å². The van der Waals surface area contributed by atoms with Crippen molar-refractivity contribution < 1.29 is 4.74 Å². The Morgan fingerprint density at radius 1 is 1.20 bits per heavy atom. The monoisotopic (exact) mass is 208 g/mol. The molecule has 4 rings (SSSR count). The highest BCUT2D eigenvalue weighted by atomic mass is 16.5. The average molecular weight is 208 g/mol. The van der Waals surface area contributed by atoms with E-state index in [2.05, 4.69) is 10.2 Å². The van der Waals surface area contributed by atoms with E-state index in [0.29, 0.717) is 11.0 Å². The summed E-state index contributed by atoms with van der Waals surface area (Å²) >= 11 is 0. The summed E-state index contributed by atoms with van der Waals surface area (Å²) in [6.45, 7) is 6.77. The van der Waals surface area contributed by atoms with Crippen LogP contribution in [0.25, 0.3) is 0 Å². The molecule has 2 aliphatic carbocycles. The number of rotatable bonds is 1. The Bertz CT molecular complexity index is 285. The molecule has 0 amide bonds. The van der Waals surface area contributed by atoms with Gasteiger partial charge < -0.3 is 10.1 Å². The van der Waals surface area contributed by atoms with Crippen LogP contribution in [0.5, 0.6) is 0 Å². The van der Waals surface area contributed by atoms with Crippen molar-refractivity contribution >= 4 is 0 Å². The number of morpholine rings is 1. The molecule has 2 saturated heterocycles. The Hall–Kier alpha value is -0.120. The largest absolute Gasteiger partial charge is 0.379 e. The van der Waals surface area contributed by atoms with Crippen LogP contribution in [0.3, 0.4) is 0 Å². The van der Waals surface area contributed by atoms with Crippen molar-refractivity contribution in [1.29, 1.82) is 0 Å². The van der Waals surface area contributed by atoms with E-state index in [-0.39, 0.29) is 0 Å². The van der Waals surface area contributed by atoms with Crippen LogP contribution in [0.4, 0.5) is 0 Å². The fourth-order valence-electron chi connectivity index (χ4n) is 5.02. The number of fused-ring (bicyclic) bond motifs is 1. The number of nitrogens with one attached hydrogen (secondary N) is 1. The van der Waals surface area contributed by atoms with Crippen LogP contribution in [0.1, 0.15) is 19.3 Å². The van der Waals surface area contributed by atoms with E-state index in [1.807, 2.05) is 0 Å². The maximum absolute atomic E-state index is 5.48. The molecule has 15 heavy (non-hydrogen) atoms. The Labute approximate surface area is 91.2 Å². The molecule has 0 aromatic heterocycles. The molecule has 1 N–H and O–H groups in total. The SMILES string of the molecule is C1C[C@H]2[C@@]3(C1)CNC[C@@]23N1CCOCC1. The quantitative estimate of drug-likeness (QED) is 0.677. The maximum atomic E-state index is 5.48. The van der Waals surface area contributed by atoms with Crippen molar-refractivity contribution in [3.8, 4) is 0 Å². The topological polar surface area (TPSA) is 24.5 Å². The van der Waals surface area contributed by atoms with Gasteiger partial charge in [0.15, 0.2) is 0 Å². The van der Waals surface area contributed by atoms with Crippen molar-refractivity contribution in [2.75, 3.05) is 39.4 Å². The molecule has 0 unspecified atom stereocenters. The van der Waals surface area contributed by atoms with E-state index in [0.717, 1.165) is 19.1 Å². The third kappa shape index (κ3) is 0.855. The van der Waals surface area contributed by atoms with Crippen LogP contribution in [-0.2, 0) is 4.74 Å². The summed E-state index contributed by atoms with van der Waals surface area (Å²) in [6.07, 6.45) is 4.43. The van der Waals surface area contributed by atoms with Crippen LogP contribution in [0, 0.1) is 11.3 Å². The maximum Gasteiger partial charge on any atom is 0.0594 e. The summed E-state index contributed by atoms with van der Waals surface area (Å²) in [5.74, 6) is 1.02. The van der Waals surface area contributed by atoms with Gasteiger partial charge in [0, 0.05) is 37.1 Å². The molecule has 4 aliphatic rings. The molecule has 0 radical (unpaired) electrons. The summed E-state index contributed by atoms with van der Waals surface area (Å²) in [4.78, 5) is 2.75. The average Bonchev–Trinajstić information content (AvgIpc) is 2.70. The molecular formula is C12H20N2O. The van der Waals surface area contributed by atoms with Crippen LogP contribution in [0.15, 0.2) is 0 Å². The first-order valence-electron chi connectivity index (χ1n) is 6.44. The highest BCUT2D eigenvalue weighted by Crippen LogP contribution is 2.74. The van der Waals surface area contributed by atoms with E-state index < -0.39 is 0 Å². The van der Waals surface area contributed by atoms with Gasteiger partial charge in [0.2, 0.25) is 0 Å². The number of nitrogens with zero attached hydrogens (tertiary/aromatic N) is 1. The van der Waals surface area contributed by atoms with Gasteiger partial charge in [-0.2, -0.15) is 0 Å². The lowest BCUT2D eigenvalue weighted by Gasteiger charge is -2.37. The second-order valence-corrected chi connectivity index (χ2v) is 5.73. The first-order valence-corrected chi connectivity index (χ1v) is 6.44. The van der Waals surface area contributed by atoms with Crippen LogP contribution >= 0.6 is 0 Å². The molecule has 2 saturated carbocycles. The van der Waals surface area contributed by atoms with Crippen LogP contribution in [0.2, 0.25) is 0 Å². The third-order valence-electron chi connectivity index (χ3n) is 5.55. The summed E-state index contributed by atoms with van der Waals surface area (Å²) in [7, 11) is 0. The van der Waals surface area contributed by atoms with Crippen molar-refractivity contribution in [2.45, 2.75) is 24.8 Å². The number of hydrogen-bond acceptors (Lipinski definition) is 3. The summed E-state index contributed by atoms with van der Waals surface area (Å²) < 4.78 is 5.48. The molecule has 0 aromatic carbocycles. The van der Waals surface area contributed by atoms with E-state index in [1.165, 1.54) is 45.4 Å². The van der Waals surface area contributed by atoms with Gasteiger partial charge in [0.1, 0.15) is 0 Å². The first-order chi connectivity index (χ1) is 7.40. The Morgan fingerprint density at radius 3 is 2.87 bits per heavy atom. The predicted molar refractivity (Wildman–Crippen MR) is 57.8 cm³/mol. The van der Waals surface area contributed by atoms with Gasteiger partial charge in [-0.25, -0.2) is 0 Å². The Balaban J connectivity index is 1.65.